The second-order valence-electron chi connectivity index (χ2n) is 4.12. The van der Waals surface area contributed by atoms with Gasteiger partial charge in [0.25, 0.3) is 0 Å². The van der Waals surface area contributed by atoms with E-state index >= 15 is 0 Å². The van der Waals surface area contributed by atoms with Crippen LogP contribution in [0.1, 0.15) is 17.3 Å². The fraction of sp³-hybridized carbons (Fsp3) is 0.214. The molecule has 18 heavy (non-hydrogen) atoms. The molecule has 1 unspecified atom stereocenters. The van der Waals surface area contributed by atoms with Crippen LogP contribution in [0.4, 0.5) is 5.69 Å². The molecular formula is C14H15ClN2O. The number of nitrogens with zero attached hydrogens (tertiary/aromatic N) is 1. The summed E-state index contributed by atoms with van der Waals surface area (Å²) in [6.45, 7) is 1.94. The summed E-state index contributed by atoms with van der Waals surface area (Å²) in [5.74, 6) is 0. The quantitative estimate of drug-likeness (QED) is 0.890. The molecule has 1 aromatic heterocycles. The Morgan fingerprint density at radius 3 is 2.50 bits per heavy atom. The number of hydrogen-bond acceptors (Lipinski definition) is 3. The van der Waals surface area contributed by atoms with Gasteiger partial charge in [0.2, 0.25) is 0 Å². The normalized spacial score (nSPS) is 12.2. The van der Waals surface area contributed by atoms with E-state index in [1.165, 1.54) is 0 Å². The fourth-order valence-corrected chi connectivity index (χ4v) is 1.79. The fourth-order valence-electron chi connectivity index (χ4n) is 1.67. The number of anilines is 1. The van der Waals surface area contributed by atoms with Gasteiger partial charge >= 0.3 is 0 Å². The molecule has 3 nitrogen and oxygen atoms in total. The standard InChI is InChI=1S/C14H15ClN2O/c1-10-2-3-11(8-16-10)14(9-18)17-13-6-4-12(15)5-7-13/h2-8,14,17-18H,9H2,1H3. The molecule has 2 aromatic rings. The number of rotatable bonds is 4. The van der Waals surface area contributed by atoms with Crippen molar-refractivity contribution in [2.45, 2.75) is 13.0 Å². The first-order chi connectivity index (χ1) is 8.69. The molecule has 0 saturated carbocycles. The molecule has 0 aliphatic heterocycles. The zero-order valence-electron chi connectivity index (χ0n) is 10.1. The topological polar surface area (TPSA) is 45.1 Å². The summed E-state index contributed by atoms with van der Waals surface area (Å²) >= 11 is 5.83. The smallest absolute Gasteiger partial charge is 0.0759 e. The Labute approximate surface area is 111 Å². The maximum absolute atomic E-state index is 9.45. The molecular weight excluding hydrogens is 248 g/mol. The average Bonchev–Trinajstić information content (AvgIpc) is 2.39. The number of aliphatic hydroxyl groups excluding tert-OH is 1. The summed E-state index contributed by atoms with van der Waals surface area (Å²) in [7, 11) is 0. The minimum Gasteiger partial charge on any atom is -0.394 e. The Hall–Kier alpha value is -1.58. The molecule has 2 N–H and O–H groups in total. The van der Waals surface area contributed by atoms with Crippen LogP contribution in [0, 0.1) is 6.92 Å². The maximum atomic E-state index is 9.45. The lowest BCUT2D eigenvalue weighted by Gasteiger charge is -2.17. The highest BCUT2D eigenvalue weighted by atomic mass is 35.5. The highest BCUT2D eigenvalue weighted by Gasteiger charge is 2.10. The molecule has 1 aromatic carbocycles. The van der Waals surface area contributed by atoms with Gasteiger partial charge in [0.05, 0.1) is 12.6 Å². The third kappa shape index (κ3) is 3.22. The number of nitrogens with one attached hydrogen (secondary N) is 1. The predicted octanol–water partition coefficient (Wildman–Crippen LogP) is 3.19. The lowest BCUT2D eigenvalue weighted by Crippen LogP contribution is -2.15. The van der Waals surface area contributed by atoms with Crippen LogP contribution < -0.4 is 5.32 Å². The van der Waals surface area contributed by atoms with Gasteiger partial charge in [-0.3, -0.25) is 4.98 Å². The van der Waals surface area contributed by atoms with Gasteiger partial charge in [-0.1, -0.05) is 17.7 Å². The summed E-state index contributed by atoms with van der Waals surface area (Å²) in [5, 5.41) is 13.4. The number of hydrogen-bond donors (Lipinski definition) is 2. The zero-order valence-corrected chi connectivity index (χ0v) is 10.9. The van der Waals surface area contributed by atoms with Crippen molar-refractivity contribution >= 4 is 17.3 Å². The Balaban J connectivity index is 2.14. The Bertz CT molecular complexity index is 496. The second-order valence-corrected chi connectivity index (χ2v) is 4.56. The summed E-state index contributed by atoms with van der Waals surface area (Å²) in [6, 6.07) is 11.1. The van der Waals surface area contributed by atoms with E-state index in [1.54, 1.807) is 6.20 Å². The van der Waals surface area contributed by atoms with Gasteiger partial charge in [0.1, 0.15) is 0 Å². The molecule has 0 radical (unpaired) electrons. The monoisotopic (exact) mass is 262 g/mol. The number of aromatic nitrogens is 1. The van der Waals surface area contributed by atoms with Gasteiger partial charge in [0.15, 0.2) is 0 Å². The lowest BCUT2D eigenvalue weighted by atomic mass is 10.1. The van der Waals surface area contributed by atoms with Gasteiger partial charge in [-0.25, -0.2) is 0 Å². The minimum absolute atomic E-state index is 0.00731. The van der Waals surface area contributed by atoms with Crippen LogP contribution in [0.5, 0.6) is 0 Å². The molecule has 0 bridgehead atoms. The summed E-state index contributed by atoms with van der Waals surface area (Å²) in [6.07, 6.45) is 1.78. The maximum Gasteiger partial charge on any atom is 0.0759 e. The van der Waals surface area contributed by atoms with E-state index in [1.807, 2.05) is 43.3 Å². The van der Waals surface area contributed by atoms with Crippen molar-refractivity contribution in [2.24, 2.45) is 0 Å². The van der Waals surface area contributed by atoms with Crippen LogP contribution in [0.25, 0.3) is 0 Å². The zero-order chi connectivity index (χ0) is 13.0. The van der Waals surface area contributed by atoms with Crippen LogP contribution >= 0.6 is 11.6 Å². The summed E-state index contributed by atoms with van der Waals surface area (Å²) < 4.78 is 0. The molecule has 0 fully saturated rings. The Morgan fingerprint density at radius 2 is 1.94 bits per heavy atom. The SMILES string of the molecule is Cc1ccc(C(CO)Nc2ccc(Cl)cc2)cn1. The number of aryl methyl sites for hydroxylation is 1. The molecule has 94 valence electrons. The molecule has 0 amide bonds. The third-order valence-electron chi connectivity index (χ3n) is 2.70. The summed E-state index contributed by atoms with van der Waals surface area (Å²) in [5.41, 5.74) is 2.83. The highest BCUT2D eigenvalue weighted by molar-refractivity contribution is 6.30. The molecule has 0 aliphatic rings. The van der Waals surface area contributed by atoms with Crippen LogP contribution in [0.3, 0.4) is 0 Å². The van der Waals surface area contributed by atoms with Gasteiger partial charge < -0.3 is 10.4 Å². The molecule has 1 heterocycles. The van der Waals surface area contributed by atoms with Crippen molar-refractivity contribution in [1.29, 1.82) is 0 Å². The third-order valence-corrected chi connectivity index (χ3v) is 2.96. The van der Waals surface area contributed by atoms with E-state index in [0.29, 0.717) is 5.02 Å². The largest absolute Gasteiger partial charge is 0.394 e. The molecule has 1 atom stereocenters. The van der Waals surface area contributed by atoms with Gasteiger partial charge in [0, 0.05) is 22.6 Å². The van der Waals surface area contributed by atoms with Gasteiger partial charge in [-0.05, 0) is 42.8 Å². The van der Waals surface area contributed by atoms with Crippen molar-refractivity contribution in [2.75, 3.05) is 11.9 Å². The molecule has 4 heteroatoms. The van der Waals surface area contributed by atoms with E-state index < -0.39 is 0 Å². The van der Waals surface area contributed by atoms with E-state index in [2.05, 4.69) is 10.3 Å². The van der Waals surface area contributed by atoms with Gasteiger partial charge in [-0.2, -0.15) is 0 Å². The first-order valence-electron chi connectivity index (χ1n) is 5.74. The number of halogens is 1. The second kappa shape index (κ2) is 5.85. The lowest BCUT2D eigenvalue weighted by molar-refractivity contribution is 0.276. The molecule has 0 saturated heterocycles. The first kappa shape index (κ1) is 12.9. The minimum atomic E-state index is -0.167. The Morgan fingerprint density at radius 1 is 1.22 bits per heavy atom. The van der Waals surface area contributed by atoms with E-state index in [9.17, 15) is 5.11 Å². The van der Waals surface area contributed by atoms with E-state index in [4.69, 9.17) is 11.6 Å². The van der Waals surface area contributed by atoms with Crippen molar-refractivity contribution in [3.63, 3.8) is 0 Å². The van der Waals surface area contributed by atoms with Crippen molar-refractivity contribution in [1.82, 2.24) is 4.98 Å². The van der Waals surface area contributed by atoms with Crippen molar-refractivity contribution in [3.05, 3.63) is 58.9 Å². The molecule has 0 aliphatic carbocycles. The van der Waals surface area contributed by atoms with Crippen molar-refractivity contribution in [3.8, 4) is 0 Å². The van der Waals surface area contributed by atoms with Gasteiger partial charge in [-0.15, -0.1) is 0 Å². The number of pyridine rings is 1. The molecule has 0 spiro atoms. The number of benzene rings is 1. The van der Waals surface area contributed by atoms with E-state index in [0.717, 1.165) is 16.9 Å². The average molecular weight is 263 g/mol. The van der Waals surface area contributed by atoms with Crippen LogP contribution in [-0.2, 0) is 0 Å². The van der Waals surface area contributed by atoms with Crippen LogP contribution in [0.15, 0.2) is 42.6 Å². The Kier molecular flexibility index (Phi) is 4.18. The van der Waals surface area contributed by atoms with Crippen LogP contribution in [-0.4, -0.2) is 16.7 Å². The molecule has 2 rings (SSSR count). The summed E-state index contributed by atoms with van der Waals surface area (Å²) in [4.78, 5) is 4.23. The predicted molar refractivity (Wildman–Crippen MR) is 73.9 cm³/mol. The van der Waals surface area contributed by atoms with Crippen molar-refractivity contribution < 1.29 is 5.11 Å². The van der Waals surface area contributed by atoms with E-state index in [-0.39, 0.29) is 12.6 Å². The highest BCUT2D eigenvalue weighted by Crippen LogP contribution is 2.20. The first-order valence-corrected chi connectivity index (χ1v) is 6.12. The number of aliphatic hydroxyl groups is 1. The van der Waals surface area contributed by atoms with Crippen LogP contribution in [0.2, 0.25) is 5.02 Å².